The van der Waals surface area contributed by atoms with Gasteiger partial charge in [-0.3, -0.25) is 0 Å². The molecule has 4 heteroatoms. The van der Waals surface area contributed by atoms with E-state index in [-0.39, 0.29) is 35.9 Å². The average molecular weight is 185 g/mol. The lowest BCUT2D eigenvalue weighted by molar-refractivity contribution is 0.205. The van der Waals surface area contributed by atoms with Crippen molar-refractivity contribution in [2.45, 2.75) is 36.8 Å². The van der Waals surface area contributed by atoms with Crippen LogP contribution in [0.5, 0.6) is 0 Å². The zero-order valence-corrected chi connectivity index (χ0v) is 7.43. The number of fused-ring (bicyclic) bond motifs is 1. The van der Waals surface area contributed by atoms with Gasteiger partial charge < -0.3 is 11.5 Å². The lowest BCUT2D eigenvalue weighted by Gasteiger charge is -2.42. The zero-order valence-electron chi connectivity index (χ0n) is 5.80. The zero-order chi connectivity index (χ0) is 5.83. The van der Waals surface area contributed by atoms with E-state index < -0.39 is 0 Å². The Labute approximate surface area is 73.5 Å². The predicted molar refractivity (Wildman–Crippen MR) is 46.8 cm³/mol. The van der Waals surface area contributed by atoms with Crippen molar-refractivity contribution >= 4 is 24.8 Å². The second-order valence-electron chi connectivity index (χ2n) is 3.58. The van der Waals surface area contributed by atoms with Gasteiger partial charge in [0.1, 0.15) is 0 Å². The highest BCUT2D eigenvalue weighted by atomic mass is 35.5. The van der Waals surface area contributed by atoms with Gasteiger partial charge in [0.05, 0.1) is 0 Å². The van der Waals surface area contributed by atoms with Gasteiger partial charge >= 0.3 is 0 Å². The molecule has 0 saturated heterocycles. The minimum Gasteiger partial charge on any atom is -0.325 e. The van der Waals surface area contributed by atoms with Crippen LogP contribution in [0.4, 0.5) is 0 Å². The van der Waals surface area contributed by atoms with Crippen molar-refractivity contribution in [1.29, 1.82) is 0 Å². The van der Waals surface area contributed by atoms with Crippen LogP contribution in [0.1, 0.15) is 25.7 Å². The number of halogens is 2. The van der Waals surface area contributed by atoms with Crippen LogP contribution in [-0.4, -0.2) is 11.1 Å². The van der Waals surface area contributed by atoms with Crippen LogP contribution in [-0.2, 0) is 0 Å². The molecule has 0 heterocycles. The summed E-state index contributed by atoms with van der Waals surface area (Å²) in [7, 11) is 0. The third-order valence-corrected chi connectivity index (χ3v) is 2.53. The van der Waals surface area contributed by atoms with Gasteiger partial charge in [0, 0.05) is 11.1 Å². The highest BCUT2D eigenvalue weighted by Gasteiger charge is 2.56. The van der Waals surface area contributed by atoms with Crippen LogP contribution in [0, 0.1) is 0 Å². The first-order valence-corrected chi connectivity index (χ1v) is 3.20. The Bertz CT molecular complexity index is 118. The van der Waals surface area contributed by atoms with E-state index in [9.17, 15) is 0 Å². The van der Waals surface area contributed by atoms with Crippen LogP contribution in [0.15, 0.2) is 0 Å². The summed E-state index contributed by atoms with van der Waals surface area (Å²) in [6, 6.07) is 0. The molecule has 0 aromatic heterocycles. The lowest BCUT2D eigenvalue weighted by Crippen LogP contribution is -2.58. The molecule has 0 amide bonds. The molecule has 3 saturated carbocycles. The van der Waals surface area contributed by atoms with E-state index in [1.54, 1.807) is 0 Å². The Morgan fingerprint density at radius 3 is 1.20 bits per heavy atom. The molecule has 4 N–H and O–H groups in total. The first kappa shape index (κ1) is 10.5. The second-order valence-corrected chi connectivity index (χ2v) is 3.58. The summed E-state index contributed by atoms with van der Waals surface area (Å²) in [5, 5.41) is 0. The van der Waals surface area contributed by atoms with Crippen LogP contribution >= 0.6 is 24.8 Å². The van der Waals surface area contributed by atoms with Crippen molar-refractivity contribution < 1.29 is 0 Å². The topological polar surface area (TPSA) is 52.0 Å². The predicted octanol–water partition coefficient (Wildman–Crippen LogP) is 0.813. The standard InChI is InChI=1S/C6H12N2.2ClH/c7-5-1-2-6(8,3-5)4-5;;/h1-4,7-8H2;2*1H. The highest BCUT2D eigenvalue weighted by Crippen LogP contribution is 2.51. The fourth-order valence-corrected chi connectivity index (χ4v) is 2.20. The Kier molecular flexibility index (Phi) is 2.65. The smallest absolute Gasteiger partial charge is 0.0190 e. The van der Waals surface area contributed by atoms with Gasteiger partial charge in [0.15, 0.2) is 0 Å². The van der Waals surface area contributed by atoms with Crippen LogP contribution in [0.25, 0.3) is 0 Å². The molecule has 2 bridgehead atoms. The number of hydrogen-bond donors (Lipinski definition) is 2. The van der Waals surface area contributed by atoms with Gasteiger partial charge in [-0.15, -0.1) is 24.8 Å². The maximum atomic E-state index is 5.85. The third kappa shape index (κ3) is 1.26. The van der Waals surface area contributed by atoms with Gasteiger partial charge in [-0.25, -0.2) is 0 Å². The van der Waals surface area contributed by atoms with E-state index in [4.69, 9.17) is 11.5 Å². The van der Waals surface area contributed by atoms with Gasteiger partial charge in [-0.1, -0.05) is 0 Å². The largest absolute Gasteiger partial charge is 0.325 e. The maximum Gasteiger partial charge on any atom is 0.0190 e. The van der Waals surface area contributed by atoms with Gasteiger partial charge in [0.25, 0.3) is 0 Å². The molecule has 0 radical (unpaired) electrons. The van der Waals surface area contributed by atoms with Gasteiger partial charge in [-0.05, 0) is 25.7 Å². The van der Waals surface area contributed by atoms with Gasteiger partial charge in [0.2, 0.25) is 0 Å². The molecule has 0 spiro atoms. The molecule has 0 aromatic rings. The Hall–Kier alpha value is 0.500. The van der Waals surface area contributed by atoms with Crippen molar-refractivity contribution in [1.82, 2.24) is 0 Å². The van der Waals surface area contributed by atoms with E-state index in [0.29, 0.717) is 0 Å². The molecule has 2 nitrogen and oxygen atoms in total. The monoisotopic (exact) mass is 184 g/mol. The van der Waals surface area contributed by atoms with Crippen LogP contribution in [0.3, 0.4) is 0 Å². The second kappa shape index (κ2) is 2.52. The van der Waals surface area contributed by atoms with Crippen molar-refractivity contribution in [2.75, 3.05) is 0 Å². The van der Waals surface area contributed by atoms with Crippen molar-refractivity contribution in [3.05, 3.63) is 0 Å². The molecular formula is C6H14Cl2N2. The molecule has 3 fully saturated rings. The first-order valence-electron chi connectivity index (χ1n) is 3.20. The SMILES string of the molecule is Cl.Cl.NC12CCC(N)(C1)C2. The molecular weight excluding hydrogens is 171 g/mol. The van der Waals surface area contributed by atoms with Crippen molar-refractivity contribution in [3.8, 4) is 0 Å². The Morgan fingerprint density at radius 2 is 1.10 bits per heavy atom. The molecule has 0 unspecified atom stereocenters. The summed E-state index contributed by atoms with van der Waals surface area (Å²) in [6.45, 7) is 0. The van der Waals surface area contributed by atoms with Gasteiger partial charge in [-0.2, -0.15) is 0 Å². The summed E-state index contributed by atoms with van der Waals surface area (Å²) in [5.74, 6) is 0. The molecule has 10 heavy (non-hydrogen) atoms. The van der Waals surface area contributed by atoms with E-state index in [1.807, 2.05) is 0 Å². The molecule has 3 rings (SSSR count). The normalized spacial score (nSPS) is 48.6. The van der Waals surface area contributed by atoms with Crippen molar-refractivity contribution in [3.63, 3.8) is 0 Å². The van der Waals surface area contributed by atoms with E-state index in [1.165, 1.54) is 0 Å². The fraction of sp³-hybridized carbons (Fsp3) is 1.00. The molecule has 3 aliphatic rings. The van der Waals surface area contributed by atoms with E-state index in [0.717, 1.165) is 25.7 Å². The number of hydrogen-bond acceptors (Lipinski definition) is 2. The fourth-order valence-electron chi connectivity index (χ4n) is 2.20. The van der Waals surface area contributed by atoms with E-state index in [2.05, 4.69) is 0 Å². The molecule has 62 valence electrons. The minimum absolute atomic E-state index is 0. The number of nitrogens with two attached hydrogens (primary N) is 2. The first-order chi connectivity index (χ1) is 3.62. The highest BCUT2D eigenvalue weighted by molar-refractivity contribution is 5.85. The quantitative estimate of drug-likeness (QED) is 0.586. The summed E-state index contributed by atoms with van der Waals surface area (Å²) >= 11 is 0. The Balaban J connectivity index is 0.000000405. The lowest BCUT2D eigenvalue weighted by atomic mass is 9.73. The summed E-state index contributed by atoms with van der Waals surface area (Å²) < 4.78 is 0. The third-order valence-electron chi connectivity index (χ3n) is 2.53. The molecule has 0 atom stereocenters. The van der Waals surface area contributed by atoms with Crippen molar-refractivity contribution in [2.24, 2.45) is 11.5 Å². The summed E-state index contributed by atoms with van der Waals surface area (Å²) in [4.78, 5) is 0. The Morgan fingerprint density at radius 1 is 0.800 bits per heavy atom. The number of rotatable bonds is 0. The minimum atomic E-state index is 0. The maximum absolute atomic E-state index is 5.85. The van der Waals surface area contributed by atoms with Crippen LogP contribution in [0.2, 0.25) is 0 Å². The summed E-state index contributed by atoms with van der Waals surface area (Å²) in [5.41, 5.74) is 12.0. The summed E-state index contributed by atoms with van der Waals surface area (Å²) in [6.07, 6.45) is 4.45. The molecule has 0 aromatic carbocycles. The van der Waals surface area contributed by atoms with Crippen LogP contribution < -0.4 is 11.5 Å². The molecule has 0 aliphatic heterocycles. The van der Waals surface area contributed by atoms with E-state index >= 15 is 0 Å². The molecule has 3 aliphatic carbocycles. The average Bonchev–Trinajstić information content (AvgIpc) is 1.88.